The molecule has 0 aromatic heterocycles. The van der Waals surface area contributed by atoms with Crippen LogP contribution in [0.5, 0.6) is 0 Å². The van der Waals surface area contributed by atoms with Crippen molar-refractivity contribution in [2.45, 2.75) is 92.3 Å². The van der Waals surface area contributed by atoms with E-state index in [9.17, 15) is 9.59 Å². The van der Waals surface area contributed by atoms with Gasteiger partial charge in [0, 0.05) is 0 Å². The Kier molecular flexibility index (Phi) is 9.31. The molecule has 0 N–H and O–H groups in total. The summed E-state index contributed by atoms with van der Waals surface area (Å²) in [6.45, 7) is 11.3. The molecule has 0 radical (unpaired) electrons. The van der Waals surface area contributed by atoms with Crippen LogP contribution in [0.2, 0.25) is 0 Å². The van der Waals surface area contributed by atoms with Gasteiger partial charge in [-0.05, 0) is 40.5 Å². The highest BCUT2D eigenvalue weighted by Crippen LogP contribution is 2.35. The van der Waals surface area contributed by atoms with E-state index < -0.39 is 17.4 Å². The van der Waals surface area contributed by atoms with Gasteiger partial charge in [0.15, 0.2) is 5.41 Å². The second-order valence-electron chi connectivity index (χ2n) is 6.20. The van der Waals surface area contributed by atoms with Gasteiger partial charge >= 0.3 is 11.9 Å². The second-order valence-corrected chi connectivity index (χ2v) is 6.20. The molecule has 0 bridgehead atoms. The Morgan fingerprint density at radius 1 is 0.810 bits per heavy atom. The molecule has 21 heavy (non-hydrogen) atoms. The maximum atomic E-state index is 12.6. The van der Waals surface area contributed by atoms with Gasteiger partial charge in [-0.2, -0.15) is 0 Å². The van der Waals surface area contributed by atoms with E-state index >= 15 is 0 Å². The molecule has 0 aliphatic heterocycles. The summed E-state index contributed by atoms with van der Waals surface area (Å²) in [7, 11) is 0. The summed E-state index contributed by atoms with van der Waals surface area (Å²) in [5.74, 6) is -0.852. The Morgan fingerprint density at radius 3 is 1.38 bits per heavy atom. The molecule has 0 unspecified atom stereocenters. The molecule has 0 aromatic carbocycles. The topological polar surface area (TPSA) is 52.6 Å². The Morgan fingerprint density at radius 2 is 1.14 bits per heavy atom. The van der Waals surface area contributed by atoms with Gasteiger partial charge in [-0.25, -0.2) is 0 Å². The molecule has 0 fully saturated rings. The Bertz CT molecular complexity index is 289. The predicted octanol–water partition coefficient (Wildman–Crippen LogP) is 4.26. The Hall–Kier alpha value is -1.06. The third kappa shape index (κ3) is 6.49. The maximum Gasteiger partial charge on any atom is 0.323 e. The average molecular weight is 300 g/mol. The molecule has 0 aromatic rings. The van der Waals surface area contributed by atoms with Crippen molar-refractivity contribution in [1.82, 2.24) is 0 Å². The molecular formula is C17H32O4. The molecule has 0 aliphatic rings. The highest BCUT2D eigenvalue weighted by atomic mass is 16.6. The van der Waals surface area contributed by atoms with E-state index in [1.807, 2.05) is 13.8 Å². The fraction of sp³-hybridized carbons (Fsp3) is 0.882. The van der Waals surface area contributed by atoms with E-state index in [2.05, 4.69) is 0 Å². The smallest absolute Gasteiger partial charge is 0.323 e. The number of rotatable bonds is 10. The van der Waals surface area contributed by atoms with E-state index in [0.29, 0.717) is 12.8 Å². The summed E-state index contributed by atoms with van der Waals surface area (Å²) < 4.78 is 10.7. The van der Waals surface area contributed by atoms with Crippen LogP contribution in [0.15, 0.2) is 0 Å². The van der Waals surface area contributed by atoms with E-state index in [0.717, 1.165) is 25.7 Å². The number of hydrogen-bond acceptors (Lipinski definition) is 4. The van der Waals surface area contributed by atoms with Gasteiger partial charge in [0.05, 0.1) is 12.2 Å². The summed E-state index contributed by atoms with van der Waals surface area (Å²) in [6.07, 6.45) is 4.02. The molecule has 0 amide bonds. The SMILES string of the molecule is CCCCC(CCCC)(C(=O)OC(C)C)C(=O)OC(C)C. The highest BCUT2D eigenvalue weighted by Gasteiger charge is 2.48. The molecule has 0 atom stereocenters. The molecule has 0 rings (SSSR count). The number of ether oxygens (including phenoxy) is 2. The number of esters is 2. The van der Waals surface area contributed by atoms with E-state index in [1.165, 1.54) is 0 Å². The maximum absolute atomic E-state index is 12.6. The molecule has 4 nitrogen and oxygen atoms in total. The molecule has 124 valence electrons. The quantitative estimate of drug-likeness (QED) is 0.447. The van der Waals surface area contributed by atoms with Crippen molar-refractivity contribution in [2.75, 3.05) is 0 Å². The third-order valence-corrected chi connectivity index (χ3v) is 3.38. The first-order valence-electron chi connectivity index (χ1n) is 8.22. The summed E-state index contributed by atoms with van der Waals surface area (Å²) in [5.41, 5.74) is -1.14. The van der Waals surface area contributed by atoms with Crippen molar-refractivity contribution in [3.63, 3.8) is 0 Å². The van der Waals surface area contributed by atoms with Crippen LogP contribution in [-0.2, 0) is 19.1 Å². The van der Waals surface area contributed by atoms with Crippen LogP contribution >= 0.6 is 0 Å². The summed E-state index contributed by atoms with van der Waals surface area (Å²) in [4.78, 5) is 25.2. The highest BCUT2D eigenvalue weighted by molar-refractivity contribution is 6.00. The predicted molar refractivity (Wildman–Crippen MR) is 83.9 cm³/mol. The molecule has 0 aliphatic carbocycles. The number of unbranched alkanes of at least 4 members (excludes halogenated alkanes) is 2. The van der Waals surface area contributed by atoms with Crippen LogP contribution in [0.3, 0.4) is 0 Å². The fourth-order valence-electron chi connectivity index (χ4n) is 2.23. The van der Waals surface area contributed by atoms with Crippen LogP contribution in [0.25, 0.3) is 0 Å². The minimum atomic E-state index is -1.14. The largest absolute Gasteiger partial charge is 0.462 e. The lowest BCUT2D eigenvalue weighted by Gasteiger charge is -2.31. The first-order chi connectivity index (χ1) is 9.80. The van der Waals surface area contributed by atoms with Crippen LogP contribution in [0, 0.1) is 5.41 Å². The Labute approximate surface area is 129 Å². The summed E-state index contributed by atoms with van der Waals surface area (Å²) >= 11 is 0. The van der Waals surface area contributed by atoms with Crippen LogP contribution in [-0.4, -0.2) is 24.1 Å². The number of carbonyl (C=O) groups is 2. The van der Waals surface area contributed by atoms with Crippen molar-refractivity contribution >= 4 is 11.9 Å². The van der Waals surface area contributed by atoms with Crippen molar-refractivity contribution in [3.05, 3.63) is 0 Å². The van der Waals surface area contributed by atoms with Gasteiger partial charge in [-0.3, -0.25) is 9.59 Å². The number of hydrogen-bond donors (Lipinski definition) is 0. The van der Waals surface area contributed by atoms with Crippen LogP contribution in [0.1, 0.15) is 80.1 Å². The van der Waals surface area contributed by atoms with E-state index in [-0.39, 0.29) is 12.2 Å². The van der Waals surface area contributed by atoms with Crippen molar-refractivity contribution in [1.29, 1.82) is 0 Å². The van der Waals surface area contributed by atoms with Crippen molar-refractivity contribution in [3.8, 4) is 0 Å². The zero-order chi connectivity index (χ0) is 16.5. The first kappa shape index (κ1) is 19.9. The van der Waals surface area contributed by atoms with Gasteiger partial charge in [0.2, 0.25) is 0 Å². The normalized spacial score (nSPS) is 11.8. The third-order valence-electron chi connectivity index (χ3n) is 3.38. The van der Waals surface area contributed by atoms with Gasteiger partial charge < -0.3 is 9.47 Å². The average Bonchev–Trinajstić information content (AvgIpc) is 2.37. The molecule has 4 heteroatoms. The second kappa shape index (κ2) is 9.80. The van der Waals surface area contributed by atoms with E-state index in [4.69, 9.17) is 9.47 Å². The lowest BCUT2D eigenvalue weighted by atomic mass is 9.78. The molecular weight excluding hydrogens is 268 g/mol. The molecule has 0 saturated heterocycles. The minimum Gasteiger partial charge on any atom is -0.462 e. The molecule has 0 saturated carbocycles. The van der Waals surface area contributed by atoms with Crippen LogP contribution < -0.4 is 0 Å². The lowest BCUT2D eigenvalue weighted by Crippen LogP contribution is -2.43. The minimum absolute atomic E-state index is 0.230. The summed E-state index contributed by atoms with van der Waals surface area (Å²) in [6, 6.07) is 0. The van der Waals surface area contributed by atoms with Crippen LogP contribution in [0.4, 0.5) is 0 Å². The lowest BCUT2D eigenvalue weighted by molar-refractivity contribution is -0.178. The van der Waals surface area contributed by atoms with Gasteiger partial charge in [-0.1, -0.05) is 39.5 Å². The van der Waals surface area contributed by atoms with Crippen molar-refractivity contribution in [2.24, 2.45) is 5.41 Å². The van der Waals surface area contributed by atoms with Gasteiger partial charge in [-0.15, -0.1) is 0 Å². The molecule has 0 heterocycles. The van der Waals surface area contributed by atoms with E-state index in [1.54, 1.807) is 27.7 Å². The van der Waals surface area contributed by atoms with Gasteiger partial charge in [0.25, 0.3) is 0 Å². The summed E-state index contributed by atoms with van der Waals surface area (Å²) in [5, 5.41) is 0. The zero-order valence-electron chi connectivity index (χ0n) is 14.5. The standard InChI is InChI=1S/C17H32O4/c1-7-9-11-17(12-10-8-2,15(18)20-13(3)4)16(19)21-14(5)6/h13-14H,7-12H2,1-6H3. The monoisotopic (exact) mass is 300 g/mol. The van der Waals surface area contributed by atoms with Crippen molar-refractivity contribution < 1.29 is 19.1 Å². The van der Waals surface area contributed by atoms with Gasteiger partial charge in [0.1, 0.15) is 0 Å². The Balaban J connectivity index is 5.37. The first-order valence-corrected chi connectivity index (χ1v) is 8.22. The number of carbonyl (C=O) groups excluding carboxylic acids is 2. The zero-order valence-corrected chi connectivity index (χ0v) is 14.5. The molecule has 0 spiro atoms. The fourth-order valence-corrected chi connectivity index (χ4v) is 2.23.